The van der Waals surface area contributed by atoms with Gasteiger partial charge in [-0.1, -0.05) is 77.6 Å². The third kappa shape index (κ3) is 3.38. The van der Waals surface area contributed by atoms with Crippen molar-refractivity contribution in [2.24, 2.45) is 0 Å². The molecule has 2 aromatic rings. The number of alkyl halides is 2. The van der Waals surface area contributed by atoms with Gasteiger partial charge in [-0.25, -0.2) is 4.39 Å². The Hall–Kier alpha value is -0.520. The van der Waals surface area contributed by atoms with Crippen LogP contribution in [-0.2, 0) is 0 Å². The summed E-state index contributed by atoms with van der Waals surface area (Å²) in [6.45, 7) is 1.95. The summed E-state index contributed by atoms with van der Waals surface area (Å²) in [4.78, 5) is 12.4. The molecule has 0 fully saturated rings. The maximum absolute atomic E-state index is 14.0. The summed E-state index contributed by atoms with van der Waals surface area (Å²) >= 11 is 9.84. The predicted molar refractivity (Wildman–Crippen MR) is 89.3 cm³/mol. The fraction of sp³-hybridized carbons (Fsp3) is 0.133. The standard InChI is InChI=1S/C15H10Br3FO/c1-8-2-4-9(5-3-8)14(20)10-7-13(19)11(15(17)18)6-12(10)16/h2-7,15H,1H3. The van der Waals surface area contributed by atoms with Gasteiger partial charge in [0.1, 0.15) is 5.82 Å². The van der Waals surface area contributed by atoms with Gasteiger partial charge in [-0.05, 0) is 19.1 Å². The molecule has 104 valence electrons. The Morgan fingerprint density at radius 2 is 1.75 bits per heavy atom. The van der Waals surface area contributed by atoms with E-state index in [9.17, 15) is 9.18 Å². The van der Waals surface area contributed by atoms with Crippen LogP contribution in [0.2, 0.25) is 0 Å². The lowest BCUT2D eigenvalue weighted by atomic mass is 10.0. The van der Waals surface area contributed by atoms with Crippen LogP contribution >= 0.6 is 47.8 Å². The van der Waals surface area contributed by atoms with E-state index in [1.165, 1.54) is 6.07 Å². The van der Waals surface area contributed by atoms with Crippen LogP contribution in [0.25, 0.3) is 0 Å². The summed E-state index contributed by atoms with van der Waals surface area (Å²) in [5.74, 6) is -0.634. The van der Waals surface area contributed by atoms with Crippen molar-refractivity contribution in [3.8, 4) is 0 Å². The van der Waals surface area contributed by atoms with Crippen molar-refractivity contribution < 1.29 is 9.18 Å². The highest BCUT2D eigenvalue weighted by Gasteiger charge is 2.18. The van der Waals surface area contributed by atoms with E-state index in [1.807, 2.05) is 19.1 Å². The van der Waals surface area contributed by atoms with Crippen LogP contribution in [-0.4, -0.2) is 5.78 Å². The molecule has 5 heteroatoms. The van der Waals surface area contributed by atoms with Gasteiger partial charge in [0.15, 0.2) is 5.78 Å². The molecule has 0 unspecified atom stereocenters. The molecule has 0 bridgehead atoms. The third-order valence-electron chi connectivity index (χ3n) is 2.88. The highest BCUT2D eigenvalue weighted by molar-refractivity contribution is 9.24. The van der Waals surface area contributed by atoms with Crippen LogP contribution in [0.1, 0.15) is 30.8 Å². The molecule has 0 aromatic heterocycles. The van der Waals surface area contributed by atoms with Gasteiger partial charge in [-0.3, -0.25) is 4.79 Å². The smallest absolute Gasteiger partial charge is 0.194 e. The van der Waals surface area contributed by atoms with E-state index in [-0.39, 0.29) is 9.52 Å². The second-order valence-corrected chi connectivity index (χ2v) is 8.26. The van der Waals surface area contributed by atoms with Crippen molar-refractivity contribution in [3.05, 3.63) is 68.9 Å². The summed E-state index contributed by atoms with van der Waals surface area (Å²) in [5.41, 5.74) is 2.37. The quantitative estimate of drug-likeness (QED) is 0.407. The Balaban J connectivity index is 2.45. The number of carbonyl (C=O) groups excluding carboxylic acids is 1. The summed E-state index contributed by atoms with van der Waals surface area (Å²) in [6.07, 6.45) is 0. The third-order valence-corrected chi connectivity index (χ3v) is 4.52. The maximum Gasteiger partial charge on any atom is 0.194 e. The molecule has 0 atom stereocenters. The van der Waals surface area contributed by atoms with Gasteiger partial charge < -0.3 is 0 Å². The number of halogens is 4. The van der Waals surface area contributed by atoms with E-state index in [4.69, 9.17) is 0 Å². The Labute approximate surface area is 142 Å². The average molecular weight is 465 g/mol. The molecular formula is C15H10Br3FO. The number of benzene rings is 2. The highest BCUT2D eigenvalue weighted by Crippen LogP contribution is 2.34. The van der Waals surface area contributed by atoms with Crippen molar-refractivity contribution in [1.82, 2.24) is 0 Å². The number of rotatable bonds is 3. The molecular weight excluding hydrogens is 455 g/mol. The first-order valence-corrected chi connectivity index (χ1v) is 8.41. The van der Waals surface area contributed by atoms with Crippen LogP contribution in [0.3, 0.4) is 0 Å². The molecule has 0 heterocycles. The molecule has 2 aromatic carbocycles. The Morgan fingerprint density at radius 3 is 2.30 bits per heavy atom. The van der Waals surface area contributed by atoms with Crippen LogP contribution in [0, 0.1) is 12.7 Å². The summed E-state index contributed by atoms with van der Waals surface area (Å²) in [6, 6.07) is 10.1. The maximum atomic E-state index is 14.0. The fourth-order valence-corrected chi connectivity index (χ4v) is 3.01. The fourth-order valence-electron chi connectivity index (χ4n) is 1.76. The van der Waals surface area contributed by atoms with Crippen LogP contribution < -0.4 is 0 Å². The van der Waals surface area contributed by atoms with Crippen molar-refractivity contribution in [1.29, 1.82) is 0 Å². The molecule has 0 aliphatic rings. The van der Waals surface area contributed by atoms with E-state index in [1.54, 1.807) is 18.2 Å². The van der Waals surface area contributed by atoms with Crippen LogP contribution in [0.4, 0.5) is 4.39 Å². The van der Waals surface area contributed by atoms with Gasteiger partial charge >= 0.3 is 0 Å². The normalized spacial score (nSPS) is 10.9. The van der Waals surface area contributed by atoms with Gasteiger partial charge in [0, 0.05) is 21.2 Å². The second-order valence-electron chi connectivity index (χ2n) is 4.35. The minimum atomic E-state index is -0.428. The van der Waals surface area contributed by atoms with Gasteiger partial charge in [0.05, 0.1) is 3.74 Å². The predicted octanol–water partition coefficient (Wildman–Crippen LogP) is 5.92. The zero-order valence-corrected chi connectivity index (χ0v) is 15.2. The van der Waals surface area contributed by atoms with Gasteiger partial charge in [-0.2, -0.15) is 0 Å². The highest BCUT2D eigenvalue weighted by atomic mass is 79.9. The van der Waals surface area contributed by atoms with E-state index >= 15 is 0 Å². The van der Waals surface area contributed by atoms with Crippen molar-refractivity contribution in [2.75, 3.05) is 0 Å². The summed E-state index contributed by atoms with van der Waals surface area (Å²) in [5, 5.41) is 0. The van der Waals surface area contributed by atoms with E-state index in [0.717, 1.165) is 5.56 Å². The van der Waals surface area contributed by atoms with Gasteiger partial charge in [0.25, 0.3) is 0 Å². The number of ketones is 1. The van der Waals surface area contributed by atoms with Gasteiger partial charge in [-0.15, -0.1) is 0 Å². The van der Waals surface area contributed by atoms with Crippen molar-refractivity contribution >= 4 is 53.6 Å². The van der Waals surface area contributed by atoms with Crippen molar-refractivity contribution in [3.63, 3.8) is 0 Å². The molecule has 0 saturated heterocycles. The minimum Gasteiger partial charge on any atom is -0.289 e. The minimum absolute atomic E-state index is 0.206. The lowest BCUT2D eigenvalue weighted by molar-refractivity contribution is 0.103. The molecule has 0 saturated carbocycles. The molecule has 20 heavy (non-hydrogen) atoms. The second kappa shape index (κ2) is 6.50. The van der Waals surface area contributed by atoms with Crippen LogP contribution in [0.15, 0.2) is 40.9 Å². The Bertz CT molecular complexity index is 651. The SMILES string of the molecule is Cc1ccc(C(=O)c2cc(F)c(C(Br)Br)cc2Br)cc1. The van der Waals surface area contributed by atoms with Crippen LogP contribution in [0.5, 0.6) is 0 Å². The zero-order chi connectivity index (χ0) is 14.9. The number of hydrogen-bond acceptors (Lipinski definition) is 1. The molecule has 0 amide bonds. The van der Waals surface area contributed by atoms with Gasteiger partial charge in [0.2, 0.25) is 0 Å². The first-order chi connectivity index (χ1) is 9.40. The lowest BCUT2D eigenvalue weighted by Gasteiger charge is -2.09. The number of aryl methyl sites for hydroxylation is 1. The number of carbonyl (C=O) groups is 1. The van der Waals surface area contributed by atoms with E-state index in [0.29, 0.717) is 21.2 Å². The van der Waals surface area contributed by atoms with Crippen molar-refractivity contribution in [2.45, 2.75) is 10.7 Å². The van der Waals surface area contributed by atoms with E-state index < -0.39 is 5.82 Å². The molecule has 0 spiro atoms. The molecule has 0 N–H and O–H groups in total. The first kappa shape index (κ1) is 15.9. The molecule has 2 rings (SSSR count). The Morgan fingerprint density at radius 1 is 1.15 bits per heavy atom. The topological polar surface area (TPSA) is 17.1 Å². The molecule has 0 aliphatic carbocycles. The lowest BCUT2D eigenvalue weighted by Crippen LogP contribution is -2.04. The molecule has 0 radical (unpaired) electrons. The zero-order valence-electron chi connectivity index (χ0n) is 10.5. The largest absolute Gasteiger partial charge is 0.289 e. The monoisotopic (exact) mass is 462 g/mol. The van der Waals surface area contributed by atoms with E-state index in [2.05, 4.69) is 47.8 Å². The summed E-state index contributed by atoms with van der Waals surface area (Å²) < 4.78 is 14.3. The summed E-state index contributed by atoms with van der Waals surface area (Å²) in [7, 11) is 0. The number of hydrogen-bond donors (Lipinski definition) is 0. The first-order valence-electron chi connectivity index (χ1n) is 5.78. The average Bonchev–Trinajstić information content (AvgIpc) is 2.40. The molecule has 0 aliphatic heterocycles. The molecule has 1 nitrogen and oxygen atoms in total. The Kier molecular flexibility index (Phi) is 5.15.